The fraction of sp³-hybridized carbons (Fsp3) is 0.350. The molecule has 0 radical (unpaired) electrons. The summed E-state index contributed by atoms with van der Waals surface area (Å²) >= 11 is 0. The Morgan fingerprint density at radius 3 is 2.24 bits per heavy atom. The Morgan fingerprint density at radius 2 is 1.69 bits per heavy atom. The van der Waals surface area contributed by atoms with E-state index in [1.807, 2.05) is 6.92 Å². The Bertz CT molecular complexity index is 941. The number of anilines is 1. The van der Waals surface area contributed by atoms with E-state index in [9.17, 15) is 17.6 Å². The maximum atomic E-state index is 13.0. The average molecular weight is 423 g/mol. The van der Waals surface area contributed by atoms with Crippen molar-refractivity contribution in [1.29, 1.82) is 0 Å². The number of hydrogen-bond acceptors (Lipinski definition) is 4. The monoisotopic (exact) mass is 422 g/mol. The molecular weight excluding hydrogens is 397 g/mol. The standard InChI is InChI=1S/C20H24FN3O4S/c1-15(20(25)22-17-5-3-16(21)4-6-17)23-11-13-24(14-12-23)29(26,27)19-9-7-18(28-2)8-10-19/h3-10,15H,11-14H2,1-2H3,(H,22,25)/p+1/t15-/m1/s1. The zero-order valence-corrected chi connectivity index (χ0v) is 17.2. The number of quaternary nitrogens is 1. The van der Waals surface area contributed by atoms with E-state index in [2.05, 4.69) is 5.32 Å². The molecule has 9 heteroatoms. The van der Waals surface area contributed by atoms with Crippen LogP contribution in [-0.2, 0) is 14.8 Å². The molecule has 0 unspecified atom stereocenters. The van der Waals surface area contributed by atoms with Gasteiger partial charge in [-0.2, -0.15) is 4.31 Å². The lowest BCUT2D eigenvalue weighted by atomic mass is 10.2. The summed E-state index contributed by atoms with van der Waals surface area (Å²) in [5.41, 5.74) is 0.531. The molecule has 0 aliphatic carbocycles. The van der Waals surface area contributed by atoms with Crippen molar-refractivity contribution in [3.63, 3.8) is 0 Å². The second-order valence-electron chi connectivity index (χ2n) is 6.96. The van der Waals surface area contributed by atoms with Crippen molar-refractivity contribution in [2.45, 2.75) is 17.9 Å². The molecule has 0 spiro atoms. The minimum Gasteiger partial charge on any atom is -0.497 e. The third-order valence-electron chi connectivity index (χ3n) is 5.18. The topological polar surface area (TPSA) is 80.2 Å². The second-order valence-corrected chi connectivity index (χ2v) is 8.89. The average Bonchev–Trinajstić information content (AvgIpc) is 2.75. The van der Waals surface area contributed by atoms with Crippen LogP contribution in [-0.4, -0.2) is 58.0 Å². The number of ether oxygens (including phenoxy) is 1. The van der Waals surface area contributed by atoms with E-state index in [1.54, 1.807) is 12.1 Å². The summed E-state index contributed by atoms with van der Waals surface area (Å²) in [4.78, 5) is 13.7. The van der Waals surface area contributed by atoms with Gasteiger partial charge in [-0.3, -0.25) is 4.79 Å². The first-order valence-corrected chi connectivity index (χ1v) is 10.8. The van der Waals surface area contributed by atoms with Crippen LogP contribution in [0.5, 0.6) is 5.75 Å². The molecule has 1 saturated heterocycles. The molecule has 7 nitrogen and oxygen atoms in total. The number of piperazine rings is 1. The van der Waals surface area contributed by atoms with Gasteiger partial charge in [0.15, 0.2) is 6.04 Å². The highest BCUT2D eigenvalue weighted by Gasteiger charge is 2.34. The van der Waals surface area contributed by atoms with Crippen molar-refractivity contribution in [2.75, 3.05) is 38.6 Å². The van der Waals surface area contributed by atoms with Gasteiger partial charge in [-0.1, -0.05) is 0 Å². The smallest absolute Gasteiger partial charge is 0.282 e. The molecule has 2 aromatic rings. The molecule has 3 rings (SSSR count). The summed E-state index contributed by atoms with van der Waals surface area (Å²) in [6, 6.07) is 11.5. The number of nitrogens with zero attached hydrogens (tertiary/aromatic N) is 1. The van der Waals surface area contributed by atoms with Crippen LogP contribution in [0.25, 0.3) is 0 Å². The molecule has 1 aliphatic heterocycles. The van der Waals surface area contributed by atoms with Crippen LogP contribution in [0.3, 0.4) is 0 Å². The molecule has 0 saturated carbocycles. The van der Waals surface area contributed by atoms with Crippen LogP contribution in [0, 0.1) is 5.82 Å². The van der Waals surface area contributed by atoms with Crippen LogP contribution in [0.15, 0.2) is 53.4 Å². The lowest BCUT2D eigenvalue weighted by molar-refractivity contribution is -0.917. The van der Waals surface area contributed by atoms with Gasteiger partial charge in [-0.05, 0) is 55.5 Å². The van der Waals surface area contributed by atoms with Crippen LogP contribution < -0.4 is 15.0 Å². The van der Waals surface area contributed by atoms with Crippen molar-refractivity contribution in [2.24, 2.45) is 0 Å². The lowest BCUT2D eigenvalue weighted by Gasteiger charge is -2.34. The van der Waals surface area contributed by atoms with Crippen molar-refractivity contribution in [1.82, 2.24) is 4.31 Å². The van der Waals surface area contributed by atoms with Crippen LogP contribution in [0.2, 0.25) is 0 Å². The van der Waals surface area contributed by atoms with Gasteiger partial charge < -0.3 is 15.0 Å². The zero-order valence-electron chi connectivity index (χ0n) is 16.4. The van der Waals surface area contributed by atoms with Gasteiger partial charge in [0.1, 0.15) is 11.6 Å². The molecule has 0 aromatic heterocycles. The first kappa shape index (κ1) is 21.2. The summed E-state index contributed by atoms with van der Waals surface area (Å²) in [5.74, 6) is 0.0492. The number of halogens is 1. The number of carbonyl (C=O) groups excluding carboxylic acids is 1. The molecule has 1 atom stereocenters. The molecule has 1 amide bonds. The third kappa shape index (κ3) is 4.92. The predicted octanol–water partition coefficient (Wildman–Crippen LogP) is 0.751. The molecule has 1 fully saturated rings. The number of rotatable bonds is 6. The minimum absolute atomic E-state index is 0.182. The van der Waals surface area contributed by atoms with Crippen molar-refractivity contribution >= 4 is 21.6 Å². The number of carbonyl (C=O) groups is 1. The summed E-state index contributed by atoms with van der Waals surface area (Å²) < 4.78 is 45.2. The molecule has 0 bridgehead atoms. The Hall–Kier alpha value is -2.49. The fourth-order valence-electron chi connectivity index (χ4n) is 3.31. The maximum Gasteiger partial charge on any atom is 0.282 e. The lowest BCUT2D eigenvalue weighted by Crippen LogP contribution is -3.19. The first-order chi connectivity index (χ1) is 13.8. The maximum absolute atomic E-state index is 13.0. The van der Waals surface area contributed by atoms with Gasteiger partial charge in [-0.15, -0.1) is 0 Å². The van der Waals surface area contributed by atoms with Gasteiger partial charge >= 0.3 is 0 Å². The Balaban J connectivity index is 1.58. The second kappa shape index (κ2) is 8.89. The summed E-state index contributed by atoms with van der Waals surface area (Å²) in [5, 5.41) is 2.77. The SMILES string of the molecule is COc1ccc(S(=O)(=O)N2CC[NH+]([C@H](C)C(=O)Nc3ccc(F)cc3)CC2)cc1. The molecule has 156 valence electrons. The number of amides is 1. The number of sulfonamides is 1. The predicted molar refractivity (Wildman–Crippen MR) is 107 cm³/mol. The Morgan fingerprint density at radius 1 is 1.10 bits per heavy atom. The fourth-order valence-corrected chi connectivity index (χ4v) is 4.75. The highest BCUT2D eigenvalue weighted by atomic mass is 32.2. The van der Waals surface area contributed by atoms with Crippen molar-refractivity contribution in [3.8, 4) is 5.75 Å². The Labute approximate surface area is 170 Å². The molecule has 1 aliphatic rings. The van der Waals surface area contributed by atoms with Gasteiger partial charge in [-0.25, -0.2) is 12.8 Å². The molecule has 29 heavy (non-hydrogen) atoms. The largest absolute Gasteiger partial charge is 0.497 e. The number of benzene rings is 2. The van der Waals surface area contributed by atoms with Gasteiger partial charge in [0.2, 0.25) is 10.0 Å². The highest BCUT2D eigenvalue weighted by Crippen LogP contribution is 2.19. The zero-order chi connectivity index (χ0) is 21.0. The van der Waals surface area contributed by atoms with Crippen LogP contribution >= 0.6 is 0 Å². The molecule has 2 N–H and O–H groups in total. The van der Waals surface area contributed by atoms with Crippen LogP contribution in [0.4, 0.5) is 10.1 Å². The summed E-state index contributed by atoms with van der Waals surface area (Å²) in [6.45, 7) is 3.51. The van der Waals surface area contributed by atoms with E-state index >= 15 is 0 Å². The molecule has 2 aromatic carbocycles. The number of nitrogens with one attached hydrogen (secondary N) is 2. The minimum atomic E-state index is -3.58. The van der Waals surface area contributed by atoms with E-state index in [0.29, 0.717) is 37.6 Å². The highest BCUT2D eigenvalue weighted by molar-refractivity contribution is 7.89. The van der Waals surface area contributed by atoms with E-state index in [0.717, 1.165) is 4.90 Å². The van der Waals surface area contributed by atoms with Gasteiger partial charge in [0, 0.05) is 5.69 Å². The molecular formula is C20H25FN3O4S+. The van der Waals surface area contributed by atoms with Crippen molar-refractivity contribution in [3.05, 3.63) is 54.3 Å². The first-order valence-electron chi connectivity index (χ1n) is 9.36. The van der Waals surface area contributed by atoms with Gasteiger partial charge in [0.25, 0.3) is 5.91 Å². The van der Waals surface area contributed by atoms with Crippen LogP contribution in [0.1, 0.15) is 6.92 Å². The number of methoxy groups -OCH3 is 1. The summed E-state index contributed by atoms with van der Waals surface area (Å²) in [6.07, 6.45) is 0. The third-order valence-corrected chi connectivity index (χ3v) is 7.09. The normalized spacial score (nSPS) is 16.9. The van der Waals surface area contributed by atoms with E-state index in [4.69, 9.17) is 4.74 Å². The van der Waals surface area contributed by atoms with E-state index in [1.165, 1.54) is 47.8 Å². The van der Waals surface area contributed by atoms with Crippen molar-refractivity contribution < 1.29 is 27.2 Å². The molecule has 1 heterocycles. The van der Waals surface area contributed by atoms with E-state index < -0.39 is 10.0 Å². The van der Waals surface area contributed by atoms with Gasteiger partial charge in [0.05, 0.1) is 38.2 Å². The summed E-state index contributed by atoms with van der Waals surface area (Å²) in [7, 11) is -2.05. The quantitative estimate of drug-likeness (QED) is 0.720. The Kier molecular flexibility index (Phi) is 6.51. The van der Waals surface area contributed by atoms with E-state index in [-0.39, 0.29) is 22.7 Å². The number of hydrogen-bond donors (Lipinski definition) is 2.